The van der Waals surface area contributed by atoms with Gasteiger partial charge >= 0.3 is 6.09 Å². The molecule has 1 amide bonds. The largest absolute Gasteiger partial charge is 0.493 e. The molecule has 6 nitrogen and oxygen atoms in total. The standard InChI is InChI=1S/C24H34FNO4.C3H8O.C2H6/c1-4-23(2,3)30-22(28)26-11-9-24(10-12-26)15-18(16-24)6-5-13-29-20-8-7-19(17-27)21(25)14-20;1-2-3-4;1-2/h7-8,14,17-18H,4-6,9-13,15-16H2,1-3H3;4H,2-3H2,1H3;1-2H3. The van der Waals surface area contributed by atoms with Crippen molar-refractivity contribution in [3.8, 4) is 5.75 Å². The van der Waals surface area contributed by atoms with Crippen molar-refractivity contribution in [2.24, 2.45) is 11.3 Å². The van der Waals surface area contributed by atoms with Gasteiger partial charge in [-0.25, -0.2) is 9.18 Å². The third-order valence-corrected chi connectivity index (χ3v) is 7.09. The van der Waals surface area contributed by atoms with Gasteiger partial charge < -0.3 is 19.5 Å². The first kappa shape index (κ1) is 31.9. The van der Waals surface area contributed by atoms with Crippen LogP contribution < -0.4 is 4.74 Å². The summed E-state index contributed by atoms with van der Waals surface area (Å²) in [6.45, 7) is 14.3. The molecule has 1 aromatic rings. The Morgan fingerprint density at radius 3 is 2.33 bits per heavy atom. The Labute approximate surface area is 217 Å². The van der Waals surface area contributed by atoms with Crippen LogP contribution in [0.3, 0.4) is 0 Å². The minimum absolute atomic E-state index is 0.0514. The molecule has 0 bridgehead atoms. The van der Waals surface area contributed by atoms with Crippen molar-refractivity contribution < 1.29 is 28.6 Å². The van der Waals surface area contributed by atoms with Crippen molar-refractivity contribution in [2.75, 3.05) is 26.3 Å². The number of halogens is 1. The molecule has 1 aliphatic heterocycles. The third-order valence-electron chi connectivity index (χ3n) is 7.09. The van der Waals surface area contributed by atoms with Gasteiger partial charge in [-0.2, -0.15) is 0 Å². The summed E-state index contributed by atoms with van der Waals surface area (Å²) in [5, 5.41) is 7.88. The van der Waals surface area contributed by atoms with Gasteiger partial charge in [0, 0.05) is 25.8 Å². The molecule has 1 saturated carbocycles. The first-order valence-electron chi connectivity index (χ1n) is 13.6. The summed E-state index contributed by atoms with van der Waals surface area (Å²) in [5.41, 5.74) is 0.0459. The SMILES string of the molecule is CC.CCC(C)(C)OC(=O)N1CCC2(CC1)CC(CCCOc1ccc(C=O)c(F)c1)C2.CCCO. The molecule has 2 fully saturated rings. The molecule has 1 aliphatic carbocycles. The Morgan fingerprint density at radius 2 is 1.83 bits per heavy atom. The van der Waals surface area contributed by atoms with Crippen LogP contribution in [-0.4, -0.2) is 54.3 Å². The lowest BCUT2D eigenvalue weighted by atomic mass is 9.56. The first-order chi connectivity index (χ1) is 17.2. The average Bonchev–Trinajstić information content (AvgIpc) is 2.87. The van der Waals surface area contributed by atoms with E-state index in [1.54, 1.807) is 6.07 Å². The molecule has 1 spiro atoms. The summed E-state index contributed by atoms with van der Waals surface area (Å²) in [7, 11) is 0. The van der Waals surface area contributed by atoms with E-state index in [1.807, 2.05) is 46.4 Å². The number of benzene rings is 1. The molecule has 1 aromatic carbocycles. The molecule has 7 heteroatoms. The molecular formula is C29H48FNO5. The van der Waals surface area contributed by atoms with Gasteiger partial charge in [0.05, 0.1) is 12.2 Å². The molecule has 3 rings (SSSR count). The van der Waals surface area contributed by atoms with Crippen LogP contribution in [-0.2, 0) is 4.74 Å². The van der Waals surface area contributed by atoms with Crippen LogP contribution >= 0.6 is 0 Å². The number of rotatable bonds is 9. The summed E-state index contributed by atoms with van der Waals surface area (Å²) in [6, 6.07) is 4.34. The van der Waals surface area contributed by atoms with Gasteiger partial charge in [0.25, 0.3) is 0 Å². The highest BCUT2D eigenvalue weighted by Gasteiger charge is 2.46. The summed E-state index contributed by atoms with van der Waals surface area (Å²) in [6.07, 6.45) is 8.61. The van der Waals surface area contributed by atoms with E-state index in [-0.39, 0.29) is 11.7 Å². The van der Waals surface area contributed by atoms with Crippen molar-refractivity contribution in [1.82, 2.24) is 4.90 Å². The lowest BCUT2D eigenvalue weighted by molar-refractivity contribution is -0.0340. The van der Waals surface area contributed by atoms with Crippen molar-refractivity contribution >= 4 is 12.4 Å². The van der Waals surface area contributed by atoms with E-state index in [1.165, 1.54) is 25.0 Å². The first-order valence-corrected chi connectivity index (χ1v) is 13.6. The molecule has 36 heavy (non-hydrogen) atoms. The van der Waals surface area contributed by atoms with Crippen LogP contribution in [0.1, 0.15) is 103 Å². The predicted molar refractivity (Wildman–Crippen MR) is 142 cm³/mol. The fraction of sp³-hybridized carbons (Fsp3) is 0.724. The van der Waals surface area contributed by atoms with Crippen molar-refractivity contribution in [3.63, 3.8) is 0 Å². The van der Waals surface area contributed by atoms with Gasteiger partial charge in [0.2, 0.25) is 0 Å². The molecule has 2 aliphatic rings. The second kappa shape index (κ2) is 15.9. The number of aliphatic hydroxyl groups excluding tert-OH is 1. The van der Waals surface area contributed by atoms with Crippen LogP contribution in [0.2, 0.25) is 0 Å². The van der Waals surface area contributed by atoms with Crippen molar-refractivity contribution in [3.05, 3.63) is 29.6 Å². The number of aldehydes is 1. The predicted octanol–water partition coefficient (Wildman–Crippen LogP) is 7.03. The highest BCUT2D eigenvalue weighted by Crippen LogP contribution is 2.54. The maximum absolute atomic E-state index is 13.6. The fourth-order valence-corrected chi connectivity index (χ4v) is 4.57. The summed E-state index contributed by atoms with van der Waals surface area (Å²) < 4.78 is 24.8. The van der Waals surface area contributed by atoms with E-state index >= 15 is 0 Å². The number of hydrogen-bond donors (Lipinski definition) is 1. The van der Waals surface area contributed by atoms with Crippen molar-refractivity contribution in [1.29, 1.82) is 0 Å². The Hall–Kier alpha value is -2.15. The molecule has 1 heterocycles. The number of amides is 1. The van der Waals surface area contributed by atoms with Gasteiger partial charge in [-0.15, -0.1) is 0 Å². The molecule has 0 aromatic heterocycles. The van der Waals surface area contributed by atoms with Crippen LogP contribution in [0.4, 0.5) is 9.18 Å². The number of likely N-dealkylation sites (tertiary alicyclic amines) is 1. The van der Waals surface area contributed by atoms with Crippen molar-refractivity contribution in [2.45, 2.75) is 98.5 Å². The van der Waals surface area contributed by atoms with E-state index in [2.05, 4.69) is 0 Å². The van der Waals surface area contributed by atoms with Crippen LogP contribution in [0, 0.1) is 17.2 Å². The van der Waals surface area contributed by atoms with Crippen LogP contribution in [0.5, 0.6) is 5.75 Å². The lowest BCUT2D eigenvalue weighted by Crippen LogP contribution is -2.49. The number of ether oxygens (including phenoxy) is 2. The van der Waals surface area contributed by atoms with E-state index in [0.717, 1.165) is 51.6 Å². The highest BCUT2D eigenvalue weighted by molar-refractivity contribution is 5.75. The molecule has 0 unspecified atom stereocenters. The van der Waals surface area contributed by atoms with E-state index in [4.69, 9.17) is 14.6 Å². The number of carbonyl (C=O) groups excluding carboxylic acids is 2. The summed E-state index contributed by atoms with van der Waals surface area (Å²) in [5.74, 6) is 0.630. The zero-order valence-electron chi connectivity index (χ0n) is 23.3. The van der Waals surface area contributed by atoms with Crippen LogP contribution in [0.25, 0.3) is 0 Å². The number of carbonyl (C=O) groups is 2. The second-order valence-corrected chi connectivity index (χ2v) is 10.3. The Bertz CT molecular complexity index is 780. The summed E-state index contributed by atoms with van der Waals surface area (Å²) in [4.78, 5) is 24.9. The third kappa shape index (κ3) is 10.1. The number of nitrogens with zero attached hydrogens (tertiary/aromatic N) is 1. The van der Waals surface area contributed by atoms with E-state index in [9.17, 15) is 14.0 Å². The second-order valence-electron chi connectivity index (χ2n) is 10.3. The lowest BCUT2D eigenvalue weighted by Gasteiger charge is -2.52. The molecule has 0 radical (unpaired) electrons. The maximum atomic E-state index is 13.6. The zero-order valence-corrected chi connectivity index (χ0v) is 23.3. The molecular weight excluding hydrogens is 461 g/mol. The minimum atomic E-state index is -0.545. The Morgan fingerprint density at radius 1 is 1.22 bits per heavy atom. The van der Waals surface area contributed by atoms with E-state index in [0.29, 0.717) is 36.6 Å². The fourth-order valence-electron chi connectivity index (χ4n) is 4.57. The number of piperidine rings is 1. The van der Waals surface area contributed by atoms with Crippen LogP contribution in [0.15, 0.2) is 18.2 Å². The Balaban J connectivity index is 0.000000982. The Kier molecular flexibility index (Phi) is 14.0. The molecule has 1 saturated heterocycles. The van der Waals surface area contributed by atoms with Gasteiger partial charge in [0.1, 0.15) is 17.2 Å². The van der Waals surface area contributed by atoms with Gasteiger partial charge in [-0.05, 0) is 88.7 Å². The smallest absolute Gasteiger partial charge is 0.410 e. The van der Waals surface area contributed by atoms with Gasteiger partial charge in [-0.1, -0.05) is 27.7 Å². The topological polar surface area (TPSA) is 76.1 Å². The quantitative estimate of drug-likeness (QED) is 0.286. The number of hydrogen-bond acceptors (Lipinski definition) is 5. The highest BCUT2D eigenvalue weighted by atomic mass is 19.1. The monoisotopic (exact) mass is 509 g/mol. The van der Waals surface area contributed by atoms with Gasteiger partial charge in [-0.3, -0.25) is 4.79 Å². The zero-order chi connectivity index (χ0) is 27.2. The normalized spacial score (nSPS) is 16.6. The van der Waals surface area contributed by atoms with Gasteiger partial charge in [0.15, 0.2) is 6.29 Å². The molecule has 206 valence electrons. The van der Waals surface area contributed by atoms with E-state index < -0.39 is 11.4 Å². The average molecular weight is 510 g/mol. The summed E-state index contributed by atoms with van der Waals surface area (Å²) >= 11 is 0. The molecule has 0 atom stereocenters. The minimum Gasteiger partial charge on any atom is -0.493 e. The maximum Gasteiger partial charge on any atom is 0.410 e. The number of aliphatic hydroxyl groups is 1. The molecule has 1 N–H and O–H groups in total.